The molecule has 0 bridgehead atoms. The van der Waals surface area contributed by atoms with Crippen molar-refractivity contribution in [3.63, 3.8) is 0 Å². The number of aliphatic carboxylic acids is 1. The number of amides is 2. The van der Waals surface area contributed by atoms with Gasteiger partial charge < -0.3 is 20.1 Å². The van der Waals surface area contributed by atoms with E-state index in [2.05, 4.69) is 29.6 Å². The maximum atomic E-state index is 12.4. The van der Waals surface area contributed by atoms with Crippen molar-refractivity contribution in [2.45, 2.75) is 44.6 Å². The van der Waals surface area contributed by atoms with Crippen LogP contribution >= 0.6 is 0 Å². The Bertz CT molecular complexity index is 991. The minimum Gasteiger partial charge on any atom is -0.481 e. The number of nitrogens with zero attached hydrogens (tertiary/aromatic N) is 1. The standard InChI is InChI=1S/C26H30N2O5/c1-17(7-6-12-24(29)28-14-13-18(15-28)25(30)31)27-26(32)33-16-23-21-10-4-2-8-19(21)20-9-3-5-11-22(20)23/h2-5,8-11,17-18,23H,6-7,12-16H2,1H3,(H,27,32)(H,30,31). The predicted octanol–water partition coefficient (Wildman–Crippen LogP) is 4.02. The highest BCUT2D eigenvalue weighted by atomic mass is 16.5. The van der Waals surface area contributed by atoms with Crippen molar-refractivity contribution in [2.24, 2.45) is 5.92 Å². The van der Waals surface area contributed by atoms with Crippen molar-refractivity contribution >= 4 is 18.0 Å². The van der Waals surface area contributed by atoms with E-state index in [0.717, 1.165) is 0 Å². The van der Waals surface area contributed by atoms with Crippen LogP contribution in [0.15, 0.2) is 48.5 Å². The van der Waals surface area contributed by atoms with Crippen LogP contribution in [0.3, 0.4) is 0 Å². The largest absolute Gasteiger partial charge is 0.481 e. The lowest BCUT2D eigenvalue weighted by atomic mass is 9.98. The molecule has 0 saturated carbocycles. The van der Waals surface area contributed by atoms with Gasteiger partial charge in [-0.25, -0.2) is 4.79 Å². The highest BCUT2D eigenvalue weighted by molar-refractivity contribution is 5.79. The Hall–Kier alpha value is -3.35. The molecule has 1 saturated heterocycles. The summed E-state index contributed by atoms with van der Waals surface area (Å²) in [4.78, 5) is 37.3. The summed E-state index contributed by atoms with van der Waals surface area (Å²) in [5.74, 6) is -1.30. The molecule has 0 radical (unpaired) electrons. The van der Waals surface area contributed by atoms with Crippen LogP contribution in [0.1, 0.15) is 49.7 Å². The number of fused-ring (bicyclic) bond motifs is 3. The van der Waals surface area contributed by atoms with Gasteiger partial charge in [-0.15, -0.1) is 0 Å². The van der Waals surface area contributed by atoms with Gasteiger partial charge in [0.05, 0.1) is 5.92 Å². The number of likely N-dealkylation sites (tertiary alicyclic amines) is 1. The molecule has 1 aliphatic heterocycles. The number of benzene rings is 2. The van der Waals surface area contributed by atoms with Gasteiger partial charge in [0.15, 0.2) is 0 Å². The maximum absolute atomic E-state index is 12.4. The van der Waals surface area contributed by atoms with E-state index in [1.807, 2.05) is 31.2 Å². The monoisotopic (exact) mass is 450 g/mol. The molecule has 4 rings (SSSR count). The molecule has 2 unspecified atom stereocenters. The van der Waals surface area contributed by atoms with Crippen molar-refractivity contribution in [3.05, 3.63) is 59.7 Å². The van der Waals surface area contributed by atoms with E-state index in [-0.39, 0.29) is 24.5 Å². The van der Waals surface area contributed by atoms with Gasteiger partial charge in [0.2, 0.25) is 5.91 Å². The van der Waals surface area contributed by atoms with Crippen LogP contribution in [0.5, 0.6) is 0 Å². The number of rotatable bonds is 8. The summed E-state index contributed by atoms with van der Waals surface area (Å²) in [6.45, 7) is 2.96. The van der Waals surface area contributed by atoms with E-state index in [1.54, 1.807) is 4.90 Å². The second-order valence-corrected chi connectivity index (χ2v) is 8.93. The lowest BCUT2D eigenvalue weighted by Gasteiger charge is -2.18. The van der Waals surface area contributed by atoms with Crippen LogP contribution in [-0.4, -0.2) is 53.7 Å². The smallest absolute Gasteiger partial charge is 0.407 e. The lowest BCUT2D eigenvalue weighted by molar-refractivity contribution is -0.141. The fraction of sp³-hybridized carbons (Fsp3) is 0.423. The molecule has 0 spiro atoms. The van der Waals surface area contributed by atoms with E-state index < -0.39 is 18.0 Å². The topological polar surface area (TPSA) is 95.9 Å². The summed E-state index contributed by atoms with van der Waals surface area (Å²) >= 11 is 0. The second-order valence-electron chi connectivity index (χ2n) is 8.93. The molecule has 1 heterocycles. The molecule has 2 aromatic rings. The summed E-state index contributed by atoms with van der Waals surface area (Å²) in [6, 6.07) is 16.3. The molecule has 1 fully saturated rings. The van der Waals surface area contributed by atoms with Crippen molar-refractivity contribution < 1.29 is 24.2 Å². The van der Waals surface area contributed by atoms with Crippen molar-refractivity contribution in [1.82, 2.24) is 10.2 Å². The minimum absolute atomic E-state index is 0.0196. The first-order valence-corrected chi connectivity index (χ1v) is 11.6. The van der Waals surface area contributed by atoms with Crippen LogP contribution in [0.25, 0.3) is 11.1 Å². The van der Waals surface area contributed by atoms with Gasteiger partial charge >= 0.3 is 12.1 Å². The molecule has 2 amide bonds. The number of ether oxygens (including phenoxy) is 1. The first kappa shape index (κ1) is 22.8. The van der Waals surface area contributed by atoms with Gasteiger partial charge in [-0.3, -0.25) is 9.59 Å². The molecule has 7 heteroatoms. The normalized spacial score (nSPS) is 17.8. The Kier molecular flexibility index (Phi) is 6.96. The van der Waals surface area contributed by atoms with Gasteiger partial charge in [0.1, 0.15) is 6.61 Å². The first-order valence-electron chi connectivity index (χ1n) is 11.6. The van der Waals surface area contributed by atoms with Crippen LogP contribution in [0.2, 0.25) is 0 Å². The Morgan fingerprint density at radius 1 is 1.09 bits per heavy atom. The highest BCUT2D eigenvalue weighted by Crippen LogP contribution is 2.44. The van der Waals surface area contributed by atoms with Crippen molar-refractivity contribution in [1.29, 1.82) is 0 Å². The van der Waals surface area contributed by atoms with Gasteiger partial charge in [-0.1, -0.05) is 48.5 Å². The molecule has 174 valence electrons. The van der Waals surface area contributed by atoms with E-state index in [4.69, 9.17) is 9.84 Å². The third-order valence-corrected chi connectivity index (χ3v) is 6.63. The summed E-state index contributed by atoms with van der Waals surface area (Å²) in [5.41, 5.74) is 4.72. The Labute approximate surface area is 193 Å². The summed E-state index contributed by atoms with van der Waals surface area (Å²) in [7, 11) is 0. The zero-order valence-electron chi connectivity index (χ0n) is 18.8. The summed E-state index contributed by atoms with van der Waals surface area (Å²) in [6.07, 6.45) is 1.67. The van der Waals surface area contributed by atoms with E-state index in [0.29, 0.717) is 38.8 Å². The predicted molar refractivity (Wildman–Crippen MR) is 124 cm³/mol. The number of hydrogen-bond donors (Lipinski definition) is 2. The molecule has 0 aromatic heterocycles. The Morgan fingerprint density at radius 2 is 1.73 bits per heavy atom. The molecule has 2 aromatic carbocycles. The third kappa shape index (κ3) is 5.18. The maximum Gasteiger partial charge on any atom is 0.407 e. The summed E-state index contributed by atoms with van der Waals surface area (Å²) in [5, 5.41) is 11.9. The second kappa shape index (κ2) is 10.1. The van der Waals surface area contributed by atoms with E-state index in [9.17, 15) is 14.4 Å². The molecule has 2 N–H and O–H groups in total. The molecule has 33 heavy (non-hydrogen) atoms. The number of hydrogen-bond acceptors (Lipinski definition) is 4. The average Bonchev–Trinajstić information content (AvgIpc) is 3.42. The molecular formula is C26H30N2O5. The number of nitrogens with one attached hydrogen (secondary N) is 1. The molecule has 1 aliphatic carbocycles. The fourth-order valence-corrected chi connectivity index (χ4v) is 4.82. The Balaban J connectivity index is 1.21. The van der Waals surface area contributed by atoms with Gasteiger partial charge in [-0.05, 0) is 48.4 Å². The van der Waals surface area contributed by atoms with Gasteiger partial charge in [0.25, 0.3) is 0 Å². The quantitative estimate of drug-likeness (QED) is 0.633. The van der Waals surface area contributed by atoms with E-state index >= 15 is 0 Å². The minimum atomic E-state index is -0.841. The average molecular weight is 451 g/mol. The SMILES string of the molecule is CC(CCCC(=O)N1CCC(C(=O)O)C1)NC(=O)OCC1c2ccccc2-c2ccccc21. The van der Waals surface area contributed by atoms with Crippen molar-refractivity contribution in [3.8, 4) is 11.1 Å². The zero-order chi connectivity index (χ0) is 23.4. The lowest BCUT2D eigenvalue weighted by Crippen LogP contribution is -2.34. The Morgan fingerprint density at radius 3 is 2.33 bits per heavy atom. The number of carbonyl (C=O) groups is 3. The highest BCUT2D eigenvalue weighted by Gasteiger charge is 2.31. The molecule has 7 nitrogen and oxygen atoms in total. The van der Waals surface area contributed by atoms with Crippen molar-refractivity contribution in [2.75, 3.05) is 19.7 Å². The van der Waals surface area contributed by atoms with E-state index in [1.165, 1.54) is 22.3 Å². The summed E-state index contributed by atoms with van der Waals surface area (Å²) < 4.78 is 5.57. The third-order valence-electron chi connectivity index (χ3n) is 6.63. The fourth-order valence-electron chi connectivity index (χ4n) is 4.82. The van der Waals surface area contributed by atoms with Gasteiger partial charge in [0, 0.05) is 31.5 Å². The zero-order valence-corrected chi connectivity index (χ0v) is 18.8. The number of carboxylic acids is 1. The number of alkyl carbamates (subject to hydrolysis) is 1. The molecule has 2 atom stereocenters. The van der Waals surface area contributed by atoms with Crippen LogP contribution in [0, 0.1) is 5.92 Å². The van der Waals surface area contributed by atoms with Crippen LogP contribution < -0.4 is 5.32 Å². The van der Waals surface area contributed by atoms with Crippen LogP contribution in [-0.2, 0) is 14.3 Å². The molecular weight excluding hydrogens is 420 g/mol. The number of carbonyl (C=O) groups excluding carboxylic acids is 2. The van der Waals surface area contributed by atoms with Crippen LogP contribution in [0.4, 0.5) is 4.79 Å². The molecule has 2 aliphatic rings. The first-order chi connectivity index (χ1) is 15.9. The van der Waals surface area contributed by atoms with Gasteiger partial charge in [-0.2, -0.15) is 0 Å². The number of carboxylic acid groups (broad SMARTS) is 1.